The molecule has 0 aliphatic carbocycles. The smallest absolute Gasteiger partial charge is 0.346 e. The number of benzene rings is 2. The van der Waals surface area contributed by atoms with Crippen molar-refractivity contribution in [1.82, 2.24) is 15.0 Å². The van der Waals surface area contributed by atoms with Crippen LogP contribution >= 0.6 is 11.6 Å². The number of hydrogen-bond donors (Lipinski definition) is 2. The first-order chi connectivity index (χ1) is 22.9. The summed E-state index contributed by atoms with van der Waals surface area (Å²) in [4.78, 5) is 37.7. The summed E-state index contributed by atoms with van der Waals surface area (Å²) in [5.41, 5.74) is 5.36. The maximum Gasteiger partial charge on any atom is 0.346 e. The molecule has 2 N–H and O–H groups in total. The minimum absolute atomic E-state index is 0.0365. The molecule has 0 spiro atoms. The number of ether oxygens (including phenoxy) is 3. The molecule has 2 atom stereocenters. The molecule has 1 aliphatic rings. The lowest BCUT2D eigenvalue weighted by atomic mass is 10.0. The van der Waals surface area contributed by atoms with E-state index in [0.717, 1.165) is 28.3 Å². The number of carbonyl (C=O) groups excluding carboxylic acids is 1. The molecule has 0 bridgehead atoms. The van der Waals surface area contributed by atoms with Gasteiger partial charge in [0.2, 0.25) is 5.78 Å². The molecule has 2 aromatic carbocycles. The predicted molar refractivity (Wildman–Crippen MR) is 200 cm³/mol. The van der Waals surface area contributed by atoms with Gasteiger partial charge < -0.3 is 28.4 Å². The van der Waals surface area contributed by atoms with Crippen LogP contribution in [0.1, 0.15) is 47.1 Å². The van der Waals surface area contributed by atoms with Gasteiger partial charge in [-0.2, -0.15) is 4.98 Å². The fraction of sp³-hybridized carbons (Fsp3) is 0.486. The third-order valence-electron chi connectivity index (χ3n) is 8.98. The Morgan fingerprint density at radius 1 is 0.939 bits per heavy atom. The van der Waals surface area contributed by atoms with Gasteiger partial charge in [0.1, 0.15) is 6.10 Å². The Morgan fingerprint density at radius 3 is 2.16 bits per heavy atom. The second-order valence-corrected chi connectivity index (χ2v) is 26.7. The second-order valence-electron chi connectivity index (χ2n) is 16.1. The van der Waals surface area contributed by atoms with E-state index in [9.17, 15) is 9.59 Å². The number of H-pyrrole nitrogens is 1. The van der Waals surface area contributed by atoms with E-state index in [2.05, 4.69) is 41.7 Å². The molecule has 0 radical (unpaired) electrons. The zero-order valence-corrected chi connectivity index (χ0v) is 32.9. The highest BCUT2D eigenvalue weighted by atomic mass is 35.5. The second kappa shape index (κ2) is 14.4. The number of nitrogens with one attached hydrogen (secondary N) is 1. The summed E-state index contributed by atoms with van der Waals surface area (Å²) in [7, 11) is -4.58. The fourth-order valence-corrected chi connectivity index (χ4v) is 10.7. The van der Waals surface area contributed by atoms with Crippen molar-refractivity contribution in [3.8, 4) is 28.4 Å². The molecule has 1 fully saturated rings. The number of pyridine rings is 1. The highest BCUT2D eigenvalue weighted by Crippen LogP contribution is 2.50. The molecule has 9 nitrogen and oxygen atoms in total. The molecule has 264 valence electrons. The van der Waals surface area contributed by atoms with Crippen LogP contribution in [-0.2, 0) is 25.3 Å². The number of imidazole rings is 1. The van der Waals surface area contributed by atoms with Gasteiger partial charge in [-0.25, -0.2) is 4.98 Å². The molecule has 0 saturated carbocycles. The summed E-state index contributed by atoms with van der Waals surface area (Å²) in [6.07, 6.45) is -1.75. The van der Waals surface area contributed by atoms with E-state index in [1.807, 2.05) is 84.0 Å². The van der Waals surface area contributed by atoms with Crippen molar-refractivity contribution in [3.63, 3.8) is 0 Å². The minimum Gasteiger partial charge on any atom is -0.451 e. The van der Waals surface area contributed by atoms with Crippen LogP contribution in [0.2, 0.25) is 40.8 Å². The first-order valence-corrected chi connectivity index (χ1v) is 22.8. The van der Waals surface area contributed by atoms with Crippen LogP contribution in [0.15, 0.2) is 54.6 Å². The topological polar surface area (TPSA) is 116 Å². The summed E-state index contributed by atoms with van der Waals surface area (Å²) in [6.45, 7) is 19.6. The Labute approximate surface area is 297 Å². The lowest BCUT2D eigenvalue weighted by Gasteiger charge is -2.45. The first-order valence-electron chi connectivity index (χ1n) is 16.9. The summed E-state index contributed by atoms with van der Waals surface area (Å²) in [6, 6.07) is 19.4. The van der Waals surface area contributed by atoms with E-state index in [1.165, 1.54) is 0 Å². The van der Waals surface area contributed by atoms with Crippen LogP contribution in [0.5, 0.6) is 6.01 Å². The van der Waals surface area contributed by atoms with Crippen molar-refractivity contribution in [1.29, 1.82) is 0 Å². The zero-order chi connectivity index (χ0) is 35.8. The molecule has 12 heteroatoms. The summed E-state index contributed by atoms with van der Waals surface area (Å²) < 4.78 is 24.2. The lowest BCUT2D eigenvalue weighted by Crippen LogP contribution is -2.56. The van der Waals surface area contributed by atoms with Gasteiger partial charge >= 0.3 is 8.56 Å². The summed E-state index contributed by atoms with van der Waals surface area (Å²) >= 11 is 7.08. The number of carbonyl (C=O) groups is 1. The van der Waals surface area contributed by atoms with Gasteiger partial charge in [-0.05, 0) is 17.2 Å². The number of fused-ring (bicyclic) bond motifs is 1. The minimum atomic E-state index is -3.28. The van der Waals surface area contributed by atoms with Crippen LogP contribution in [0.3, 0.4) is 0 Å². The highest BCUT2D eigenvalue weighted by Gasteiger charge is 2.56. The van der Waals surface area contributed by atoms with Gasteiger partial charge in [-0.3, -0.25) is 4.79 Å². The van der Waals surface area contributed by atoms with E-state index in [0.29, 0.717) is 28.5 Å². The molecule has 4 aromatic rings. The normalized spacial score (nSPS) is 17.7. The van der Waals surface area contributed by atoms with Crippen LogP contribution in [0, 0.1) is 0 Å². The maximum atomic E-state index is 13.4. The Bertz CT molecular complexity index is 1750. The Balaban J connectivity index is 1.39. The monoisotopic (exact) mass is 723 g/mol. The molecular weight excluding hydrogens is 674 g/mol. The molecule has 1 aliphatic heterocycles. The molecule has 49 heavy (non-hydrogen) atoms. The molecule has 0 amide bonds. The average Bonchev–Trinajstić information content (AvgIpc) is 3.59. The van der Waals surface area contributed by atoms with E-state index >= 15 is 0 Å². The zero-order valence-electron chi connectivity index (χ0n) is 30.1. The average molecular weight is 724 g/mol. The van der Waals surface area contributed by atoms with Crippen molar-refractivity contribution in [2.45, 2.75) is 96.1 Å². The highest BCUT2D eigenvalue weighted by molar-refractivity contribution is 6.76. The van der Waals surface area contributed by atoms with Crippen molar-refractivity contribution < 1.29 is 28.2 Å². The lowest BCUT2D eigenvalue weighted by molar-refractivity contribution is -0.127. The quantitative estimate of drug-likeness (QED) is 0.110. The number of nitrogens with zero attached hydrogens (tertiary/aromatic N) is 2. The van der Waals surface area contributed by atoms with E-state index < -0.39 is 38.9 Å². The SMILES string of the molecule is CC(C)(C)[Si](O)(OC[C@H]1OC[C@@H](Oc2nc3nc(-c4ccc(-c5ccccc5)cc4)c(Cl)c(COCC[Si](C)(C)C)c3[nH]2)C1=O)C(C)(C)C. The first kappa shape index (κ1) is 37.4. The van der Waals surface area contributed by atoms with Gasteiger partial charge in [0.25, 0.3) is 6.01 Å². The number of rotatable bonds is 12. The summed E-state index contributed by atoms with van der Waals surface area (Å²) in [5, 5.41) is -0.468. The molecule has 0 unspecified atom stereocenters. The van der Waals surface area contributed by atoms with Crippen LogP contribution in [0.25, 0.3) is 33.5 Å². The standard InChI is InChI=1S/C37H50ClN3O6Si2/c1-36(2,3)49(43,37(4,5)6)46-23-28-33(42)29(22-45-28)47-35-40-32-27(21-44-19-20-48(7,8)9)30(38)31(39-34(32)41-35)26-17-15-25(16-18-26)24-13-11-10-12-14-24/h10-18,28-29,43H,19-23H2,1-9H3,(H,39,40,41)/t28-,29-/m1/s1. The van der Waals surface area contributed by atoms with Gasteiger partial charge in [-0.15, -0.1) is 0 Å². The number of Topliss-reactive ketones (excluding diaryl/α,β-unsaturated/α-hetero) is 1. The molecule has 2 aromatic heterocycles. The van der Waals surface area contributed by atoms with Crippen molar-refractivity contribution in [2.24, 2.45) is 0 Å². The van der Waals surface area contributed by atoms with Gasteiger partial charge in [-0.1, -0.05) is 127 Å². The van der Waals surface area contributed by atoms with Crippen molar-refractivity contribution >= 4 is 45.2 Å². The predicted octanol–water partition coefficient (Wildman–Crippen LogP) is 8.57. The van der Waals surface area contributed by atoms with Crippen LogP contribution < -0.4 is 4.74 Å². The fourth-order valence-electron chi connectivity index (χ4n) is 6.11. The van der Waals surface area contributed by atoms with Crippen molar-refractivity contribution in [3.05, 3.63) is 65.2 Å². The number of aromatic amines is 1. The summed E-state index contributed by atoms with van der Waals surface area (Å²) in [5.74, 6) is -0.264. The maximum absolute atomic E-state index is 13.4. The molecule has 3 heterocycles. The largest absolute Gasteiger partial charge is 0.451 e. The number of halogens is 1. The van der Waals surface area contributed by atoms with E-state index in [4.69, 9.17) is 35.2 Å². The van der Waals surface area contributed by atoms with Gasteiger partial charge in [0, 0.05) is 35.9 Å². The third kappa shape index (κ3) is 8.36. The number of ketones is 1. The van der Waals surface area contributed by atoms with E-state index in [-0.39, 0.29) is 31.6 Å². The number of hydrogen-bond acceptors (Lipinski definition) is 8. The van der Waals surface area contributed by atoms with Crippen molar-refractivity contribution in [2.75, 3.05) is 19.8 Å². The van der Waals surface area contributed by atoms with Gasteiger partial charge in [0.05, 0.1) is 36.1 Å². The van der Waals surface area contributed by atoms with E-state index in [1.54, 1.807) is 0 Å². The van der Waals surface area contributed by atoms with Crippen LogP contribution in [-0.4, -0.2) is 74.2 Å². The molecule has 5 rings (SSSR count). The molecule has 1 saturated heterocycles. The van der Waals surface area contributed by atoms with Crippen LogP contribution in [0.4, 0.5) is 0 Å². The number of aromatic nitrogens is 3. The Hall–Kier alpha value is -2.91. The van der Waals surface area contributed by atoms with Gasteiger partial charge in [0.15, 0.2) is 11.8 Å². The Kier molecular flexibility index (Phi) is 11.0. The Morgan fingerprint density at radius 2 is 1.55 bits per heavy atom. The molecular formula is C37H50ClN3O6Si2. The third-order valence-corrected chi connectivity index (χ3v) is 15.7.